The maximum absolute atomic E-state index is 13.1. The van der Waals surface area contributed by atoms with E-state index in [0.717, 1.165) is 6.08 Å². The number of hydrogen-bond acceptors (Lipinski definition) is 1. The summed E-state index contributed by atoms with van der Waals surface area (Å²) in [5.41, 5.74) is 0. The van der Waals surface area contributed by atoms with Crippen LogP contribution in [0.15, 0.2) is 23.8 Å². The average Bonchev–Trinajstić information content (AvgIpc) is 2.89. The van der Waals surface area contributed by atoms with Crippen molar-refractivity contribution in [3.8, 4) is 0 Å². The van der Waals surface area contributed by atoms with Crippen molar-refractivity contribution in [3.05, 3.63) is 23.8 Å². The van der Waals surface area contributed by atoms with Gasteiger partial charge in [0.1, 0.15) is 11.7 Å². The SMILES string of the molecule is O=C(O)C1CC1C1C=C(F)C=C(F)CC1. The molecule has 3 atom stereocenters. The Morgan fingerprint density at radius 1 is 1.47 bits per heavy atom. The van der Waals surface area contributed by atoms with Crippen molar-refractivity contribution < 1.29 is 18.7 Å². The van der Waals surface area contributed by atoms with Gasteiger partial charge in [-0.05, 0) is 37.2 Å². The van der Waals surface area contributed by atoms with Gasteiger partial charge in [-0.3, -0.25) is 4.79 Å². The Balaban J connectivity index is 2.02. The lowest BCUT2D eigenvalue weighted by Crippen LogP contribution is -2.06. The molecule has 0 aromatic heterocycles. The van der Waals surface area contributed by atoms with E-state index in [4.69, 9.17) is 5.11 Å². The molecule has 3 unspecified atom stereocenters. The van der Waals surface area contributed by atoms with Crippen LogP contribution in [0.3, 0.4) is 0 Å². The van der Waals surface area contributed by atoms with Crippen LogP contribution in [0.25, 0.3) is 0 Å². The molecule has 0 amide bonds. The zero-order chi connectivity index (χ0) is 11.0. The molecule has 0 radical (unpaired) electrons. The van der Waals surface area contributed by atoms with Crippen LogP contribution >= 0.6 is 0 Å². The lowest BCUT2D eigenvalue weighted by atomic mass is 9.96. The summed E-state index contributed by atoms with van der Waals surface area (Å²) in [4.78, 5) is 10.6. The smallest absolute Gasteiger partial charge is 0.306 e. The van der Waals surface area contributed by atoms with Gasteiger partial charge < -0.3 is 5.11 Å². The third kappa shape index (κ3) is 2.25. The lowest BCUT2D eigenvalue weighted by Gasteiger charge is -2.08. The zero-order valence-electron chi connectivity index (χ0n) is 8.12. The first-order valence-electron chi connectivity index (χ1n) is 5.04. The third-order valence-electron chi connectivity index (χ3n) is 3.09. The molecule has 2 aliphatic rings. The fraction of sp³-hybridized carbons (Fsp3) is 0.545. The second-order valence-electron chi connectivity index (χ2n) is 4.19. The Labute approximate surface area is 86.3 Å². The second-order valence-corrected chi connectivity index (χ2v) is 4.19. The van der Waals surface area contributed by atoms with Gasteiger partial charge in [0.15, 0.2) is 0 Å². The van der Waals surface area contributed by atoms with Crippen molar-refractivity contribution in [3.63, 3.8) is 0 Å². The largest absolute Gasteiger partial charge is 0.481 e. The average molecular weight is 214 g/mol. The van der Waals surface area contributed by atoms with Gasteiger partial charge in [0.2, 0.25) is 0 Å². The number of carboxylic acid groups (broad SMARTS) is 1. The highest BCUT2D eigenvalue weighted by atomic mass is 19.1. The molecule has 0 aliphatic heterocycles. The number of carboxylic acids is 1. The van der Waals surface area contributed by atoms with E-state index in [2.05, 4.69) is 0 Å². The third-order valence-corrected chi connectivity index (χ3v) is 3.09. The van der Waals surface area contributed by atoms with Gasteiger partial charge in [0, 0.05) is 6.08 Å². The Bertz CT molecular complexity index is 346. The van der Waals surface area contributed by atoms with Crippen LogP contribution in [0, 0.1) is 17.8 Å². The summed E-state index contributed by atoms with van der Waals surface area (Å²) in [5.74, 6) is -2.36. The van der Waals surface area contributed by atoms with E-state index in [1.807, 2.05) is 0 Å². The molecule has 0 spiro atoms. The number of carbonyl (C=O) groups is 1. The molecule has 2 aliphatic carbocycles. The van der Waals surface area contributed by atoms with E-state index in [1.54, 1.807) is 0 Å². The summed E-state index contributed by atoms with van der Waals surface area (Å²) in [6, 6.07) is 0. The van der Waals surface area contributed by atoms with Gasteiger partial charge in [0.25, 0.3) is 0 Å². The highest BCUT2D eigenvalue weighted by molar-refractivity contribution is 5.73. The van der Waals surface area contributed by atoms with Crippen LogP contribution < -0.4 is 0 Å². The Morgan fingerprint density at radius 3 is 2.80 bits per heavy atom. The van der Waals surface area contributed by atoms with E-state index in [9.17, 15) is 13.6 Å². The molecule has 0 aromatic rings. The summed E-state index contributed by atoms with van der Waals surface area (Å²) in [7, 11) is 0. The highest BCUT2D eigenvalue weighted by Gasteiger charge is 2.47. The van der Waals surface area contributed by atoms with Crippen LogP contribution in [0.2, 0.25) is 0 Å². The number of allylic oxidation sites excluding steroid dienone is 4. The molecule has 1 fully saturated rings. The van der Waals surface area contributed by atoms with Crippen molar-refractivity contribution in [2.75, 3.05) is 0 Å². The van der Waals surface area contributed by atoms with Gasteiger partial charge in [-0.25, -0.2) is 8.78 Å². The Hall–Kier alpha value is -1.19. The van der Waals surface area contributed by atoms with Crippen molar-refractivity contribution in [2.24, 2.45) is 17.8 Å². The van der Waals surface area contributed by atoms with Gasteiger partial charge >= 0.3 is 5.97 Å². The Kier molecular flexibility index (Phi) is 2.59. The molecule has 0 bridgehead atoms. The highest BCUT2D eigenvalue weighted by Crippen LogP contribution is 2.48. The maximum atomic E-state index is 13.1. The van der Waals surface area contributed by atoms with Gasteiger partial charge in [-0.15, -0.1) is 0 Å². The topological polar surface area (TPSA) is 37.3 Å². The summed E-state index contributed by atoms with van der Waals surface area (Å²) in [6.07, 6.45) is 3.55. The quantitative estimate of drug-likeness (QED) is 0.767. The van der Waals surface area contributed by atoms with Crippen molar-refractivity contribution >= 4 is 5.97 Å². The molecule has 2 nitrogen and oxygen atoms in total. The number of aliphatic carboxylic acids is 1. The van der Waals surface area contributed by atoms with Crippen LogP contribution in [0.4, 0.5) is 8.78 Å². The summed E-state index contributed by atoms with van der Waals surface area (Å²) < 4.78 is 25.9. The van der Waals surface area contributed by atoms with Crippen LogP contribution in [-0.4, -0.2) is 11.1 Å². The van der Waals surface area contributed by atoms with Crippen molar-refractivity contribution in [1.29, 1.82) is 0 Å². The minimum atomic E-state index is -0.827. The predicted octanol–water partition coefficient (Wildman–Crippen LogP) is 2.82. The molecule has 0 saturated heterocycles. The standard InChI is InChI=1S/C11H12F2O2/c12-7-2-1-6(3-8(13)4-7)9-5-10(9)11(14)15/h3-4,6,9-10H,1-2,5H2,(H,14,15). The molecular formula is C11H12F2O2. The molecule has 15 heavy (non-hydrogen) atoms. The first kappa shape index (κ1) is 10.3. The first-order valence-corrected chi connectivity index (χ1v) is 5.04. The molecule has 82 valence electrons. The van der Waals surface area contributed by atoms with E-state index in [0.29, 0.717) is 12.8 Å². The molecule has 4 heteroatoms. The van der Waals surface area contributed by atoms with Crippen LogP contribution in [0.5, 0.6) is 0 Å². The molecule has 0 aromatic carbocycles. The van der Waals surface area contributed by atoms with Crippen LogP contribution in [0.1, 0.15) is 19.3 Å². The fourth-order valence-corrected chi connectivity index (χ4v) is 2.17. The minimum absolute atomic E-state index is 0.00690. The van der Waals surface area contributed by atoms with Crippen LogP contribution in [-0.2, 0) is 4.79 Å². The second kappa shape index (κ2) is 3.76. The van der Waals surface area contributed by atoms with Crippen molar-refractivity contribution in [1.82, 2.24) is 0 Å². The summed E-state index contributed by atoms with van der Waals surface area (Å²) >= 11 is 0. The molecule has 1 saturated carbocycles. The molecule has 2 rings (SSSR count). The Morgan fingerprint density at radius 2 is 2.20 bits per heavy atom. The molecule has 1 N–H and O–H groups in total. The minimum Gasteiger partial charge on any atom is -0.481 e. The fourth-order valence-electron chi connectivity index (χ4n) is 2.17. The molecule has 0 heterocycles. The van der Waals surface area contributed by atoms with Gasteiger partial charge in [-0.1, -0.05) is 0 Å². The molecular weight excluding hydrogens is 202 g/mol. The van der Waals surface area contributed by atoms with Crippen molar-refractivity contribution in [2.45, 2.75) is 19.3 Å². The van der Waals surface area contributed by atoms with Gasteiger partial charge in [-0.2, -0.15) is 0 Å². The first-order chi connectivity index (χ1) is 7.08. The van der Waals surface area contributed by atoms with E-state index < -0.39 is 17.6 Å². The number of hydrogen-bond donors (Lipinski definition) is 1. The zero-order valence-corrected chi connectivity index (χ0v) is 8.12. The van der Waals surface area contributed by atoms with E-state index in [-0.39, 0.29) is 24.2 Å². The maximum Gasteiger partial charge on any atom is 0.306 e. The number of rotatable bonds is 2. The predicted molar refractivity (Wildman–Crippen MR) is 50.3 cm³/mol. The van der Waals surface area contributed by atoms with E-state index in [1.165, 1.54) is 6.08 Å². The number of halogens is 2. The van der Waals surface area contributed by atoms with Gasteiger partial charge in [0.05, 0.1) is 5.92 Å². The summed E-state index contributed by atoms with van der Waals surface area (Å²) in [5, 5.41) is 8.74. The normalized spacial score (nSPS) is 35.2. The summed E-state index contributed by atoms with van der Waals surface area (Å²) in [6.45, 7) is 0. The lowest BCUT2D eigenvalue weighted by molar-refractivity contribution is -0.139. The van der Waals surface area contributed by atoms with E-state index >= 15 is 0 Å². The monoisotopic (exact) mass is 214 g/mol.